The number of hydrogen-bond acceptors (Lipinski definition) is 4. The maximum atomic E-state index is 14.0. The number of halogens is 2. The van der Waals surface area contributed by atoms with Crippen molar-refractivity contribution in [2.45, 2.75) is 38.9 Å². The number of benzene rings is 3. The number of nitrogens with zero attached hydrogens (tertiary/aromatic N) is 2. The van der Waals surface area contributed by atoms with Gasteiger partial charge in [-0.3, -0.25) is 13.9 Å². The second-order valence-electron chi connectivity index (χ2n) is 9.24. The highest BCUT2D eigenvalue weighted by Gasteiger charge is 2.33. The van der Waals surface area contributed by atoms with Crippen LogP contribution in [-0.4, -0.2) is 50.0 Å². The van der Waals surface area contributed by atoms with Crippen LogP contribution in [0.1, 0.15) is 25.0 Å². The third-order valence-corrected chi connectivity index (χ3v) is 7.82. The smallest absolute Gasteiger partial charge is 0.244 e. The monoisotopic (exact) mass is 619 g/mol. The Labute approximate surface area is 238 Å². The van der Waals surface area contributed by atoms with E-state index in [1.165, 1.54) is 4.90 Å². The van der Waals surface area contributed by atoms with Crippen molar-refractivity contribution in [3.05, 3.63) is 99.5 Å². The van der Waals surface area contributed by atoms with Crippen molar-refractivity contribution in [2.24, 2.45) is 0 Å². The summed E-state index contributed by atoms with van der Waals surface area (Å²) in [4.78, 5) is 28.9. The van der Waals surface area contributed by atoms with Gasteiger partial charge in [0.15, 0.2) is 0 Å². The van der Waals surface area contributed by atoms with Crippen LogP contribution < -0.4 is 9.62 Å². The quantitative estimate of drug-likeness (QED) is 0.326. The van der Waals surface area contributed by atoms with Crippen molar-refractivity contribution in [2.75, 3.05) is 17.1 Å². The van der Waals surface area contributed by atoms with E-state index in [1.54, 1.807) is 48.5 Å². The molecule has 0 aliphatic heterocycles. The lowest BCUT2D eigenvalue weighted by atomic mass is 10.0. The summed E-state index contributed by atoms with van der Waals surface area (Å²) in [6, 6.07) is 22.1. The predicted octanol–water partition coefficient (Wildman–Crippen LogP) is 5.03. The molecule has 3 aromatic rings. The molecule has 0 heterocycles. The molecule has 0 bridgehead atoms. The van der Waals surface area contributed by atoms with Gasteiger partial charge in [0.05, 0.1) is 11.9 Å². The maximum Gasteiger partial charge on any atom is 0.244 e. The highest BCUT2D eigenvalue weighted by atomic mass is 79.9. The zero-order valence-corrected chi connectivity index (χ0v) is 24.6. The Bertz CT molecular complexity index is 1350. The van der Waals surface area contributed by atoms with Gasteiger partial charge in [0, 0.05) is 28.5 Å². The minimum atomic E-state index is -3.83. The van der Waals surface area contributed by atoms with E-state index in [0.29, 0.717) is 15.2 Å². The van der Waals surface area contributed by atoms with Crippen LogP contribution in [0.25, 0.3) is 0 Å². The summed E-state index contributed by atoms with van der Waals surface area (Å²) in [7, 11) is -3.83. The van der Waals surface area contributed by atoms with Gasteiger partial charge >= 0.3 is 0 Å². The van der Waals surface area contributed by atoms with E-state index in [2.05, 4.69) is 21.2 Å². The number of nitrogens with one attached hydrogen (secondary N) is 1. The van der Waals surface area contributed by atoms with Gasteiger partial charge in [-0.1, -0.05) is 66.2 Å². The van der Waals surface area contributed by atoms with Crippen LogP contribution in [0.15, 0.2) is 83.3 Å². The first kappa shape index (κ1) is 29.7. The molecule has 38 heavy (non-hydrogen) atoms. The molecular weight excluding hydrogens is 590 g/mol. The van der Waals surface area contributed by atoms with Crippen molar-refractivity contribution in [3.8, 4) is 0 Å². The molecular formula is C28H31BrClN3O4S. The van der Waals surface area contributed by atoms with Crippen LogP contribution in [0.2, 0.25) is 5.02 Å². The number of carbonyl (C=O) groups is 2. The van der Waals surface area contributed by atoms with Crippen molar-refractivity contribution in [1.29, 1.82) is 0 Å². The number of carbonyl (C=O) groups excluding carboxylic acids is 2. The Balaban J connectivity index is 2.06. The third-order valence-electron chi connectivity index (χ3n) is 5.77. The van der Waals surface area contributed by atoms with Gasteiger partial charge in [0.1, 0.15) is 12.6 Å². The number of anilines is 1. The minimum absolute atomic E-state index is 0.0899. The summed E-state index contributed by atoms with van der Waals surface area (Å²) in [5.41, 5.74) is 1.96. The Morgan fingerprint density at radius 3 is 2.11 bits per heavy atom. The lowest BCUT2D eigenvalue weighted by Crippen LogP contribution is -2.54. The third kappa shape index (κ3) is 8.31. The molecule has 0 saturated carbocycles. The largest absolute Gasteiger partial charge is 0.352 e. The molecule has 202 valence electrons. The molecule has 10 heteroatoms. The summed E-state index contributed by atoms with van der Waals surface area (Å²) in [5, 5.41) is 3.47. The van der Waals surface area contributed by atoms with Crippen molar-refractivity contribution in [1.82, 2.24) is 10.2 Å². The summed E-state index contributed by atoms with van der Waals surface area (Å²) < 4.78 is 27.2. The van der Waals surface area contributed by atoms with E-state index in [0.717, 1.165) is 21.7 Å². The summed E-state index contributed by atoms with van der Waals surface area (Å²) in [6.07, 6.45) is 1.31. The average molecular weight is 621 g/mol. The lowest BCUT2D eigenvalue weighted by Gasteiger charge is -2.34. The van der Waals surface area contributed by atoms with E-state index in [1.807, 2.05) is 44.2 Å². The van der Waals surface area contributed by atoms with E-state index in [9.17, 15) is 18.0 Å². The minimum Gasteiger partial charge on any atom is -0.352 e. The molecule has 2 amide bonds. The Hall–Kier alpha value is -2.88. The first-order valence-electron chi connectivity index (χ1n) is 12.1. The van der Waals surface area contributed by atoms with Crippen molar-refractivity contribution >= 4 is 55.1 Å². The van der Waals surface area contributed by atoms with E-state index >= 15 is 0 Å². The van der Waals surface area contributed by atoms with Crippen LogP contribution in [-0.2, 0) is 32.6 Å². The van der Waals surface area contributed by atoms with Gasteiger partial charge in [-0.05, 0) is 65.2 Å². The van der Waals surface area contributed by atoms with Gasteiger partial charge in [0.2, 0.25) is 21.8 Å². The molecule has 3 aromatic carbocycles. The van der Waals surface area contributed by atoms with E-state index in [4.69, 9.17) is 11.6 Å². The van der Waals surface area contributed by atoms with Crippen molar-refractivity contribution < 1.29 is 18.0 Å². The molecule has 0 radical (unpaired) electrons. The first-order chi connectivity index (χ1) is 18.0. The highest BCUT2D eigenvalue weighted by molar-refractivity contribution is 9.10. The fourth-order valence-electron chi connectivity index (χ4n) is 3.97. The normalized spacial score (nSPS) is 12.2. The van der Waals surface area contributed by atoms with E-state index < -0.39 is 28.5 Å². The van der Waals surface area contributed by atoms with Crippen LogP contribution in [0.5, 0.6) is 0 Å². The Morgan fingerprint density at radius 2 is 1.53 bits per heavy atom. The zero-order valence-electron chi connectivity index (χ0n) is 21.5. The molecule has 0 spiro atoms. The maximum absolute atomic E-state index is 14.0. The number of rotatable bonds is 11. The summed E-state index contributed by atoms with van der Waals surface area (Å²) >= 11 is 9.46. The summed E-state index contributed by atoms with van der Waals surface area (Å²) in [6.45, 7) is 3.31. The van der Waals surface area contributed by atoms with Gasteiger partial charge in [0.25, 0.3) is 0 Å². The molecule has 0 unspecified atom stereocenters. The second kappa shape index (κ2) is 13.3. The lowest BCUT2D eigenvalue weighted by molar-refractivity contribution is -0.140. The number of amides is 2. The second-order valence-corrected chi connectivity index (χ2v) is 12.4. The fraction of sp³-hybridized carbons (Fsp3) is 0.286. The fourth-order valence-corrected chi connectivity index (χ4v) is 5.57. The molecule has 1 atom stereocenters. The Morgan fingerprint density at radius 1 is 0.921 bits per heavy atom. The standard InChI is InChI=1S/C28H31BrClN3O4S/c1-20(2)31-28(35)26(17-21-9-5-4-6-10-21)32(18-22-13-15-23(30)16-14-22)27(34)19-33(38(3,36)37)25-12-8-7-11-24(25)29/h4-16,20,26H,17-19H2,1-3H3,(H,31,35)/t26-/m0/s1. The SMILES string of the molecule is CC(C)NC(=O)[C@H](Cc1ccccc1)N(Cc1ccc(Cl)cc1)C(=O)CN(c1ccccc1Br)S(C)(=O)=O. The molecule has 0 aliphatic carbocycles. The number of sulfonamides is 1. The highest BCUT2D eigenvalue weighted by Crippen LogP contribution is 2.28. The van der Waals surface area contributed by atoms with Crippen LogP contribution >= 0.6 is 27.5 Å². The molecule has 1 N–H and O–H groups in total. The van der Waals surface area contributed by atoms with Crippen molar-refractivity contribution in [3.63, 3.8) is 0 Å². The van der Waals surface area contributed by atoms with Crippen LogP contribution in [0, 0.1) is 0 Å². The van der Waals surface area contributed by atoms with Gasteiger partial charge in [-0.2, -0.15) is 0 Å². The number of para-hydroxylation sites is 1. The molecule has 7 nitrogen and oxygen atoms in total. The molecule has 3 rings (SSSR count). The van der Waals surface area contributed by atoms with Gasteiger partial charge in [-0.25, -0.2) is 8.42 Å². The first-order valence-corrected chi connectivity index (χ1v) is 15.1. The predicted molar refractivity (Wildman–Crippen MR) is 156 cm³/mol. The molecule has 0 saturated heterocycles. The molecule has 0 aliphatic rings. The Kier molecular flexibility index (Phi) is 10.4. The van der Waals surface area contributed by atoms with Gasteiger partial charge in [-0.15, -0.1) is 0 Å². The number of hydrogen-bond donors (Lipinski definition) is 1. The summed E-state index contributed by atoms with van der Waals surface area (Å²) in [5.74, 6) is -0.834. The molecule has 0 aromatic heterocycles. The zero-order chi connectivity index (χ0) is 27.9. The van der Waals surface area contributed by atoms with E-state index in [-0.39, 0.29) is 24.9 Å². The molecule has 0 fully saturated rings. The average Bonchev–Trinajstić information content (AvgIpc) is 2.85. The van der Waals surface area contributed by atoms with Crippen LogP contribution in [0.3, 0.4) is 0 Å². The topological polar surface area (TPSA) is 86.8 Å². The van der Waals surface area contributed by atoms with Crippen LogP contribution in [0.4, 0.5) is 5.69 Å². The van der Waals surface area contributed by atoms with Gasteiger partial charge < -0.3 is 10.2 Å².